The molecular formula is C16H28N2O3. The number of hydrogen-bond donors (Lipinski definition) is 1. The van der Waals surface area contributed by atoms with Crippen LogP contribution < -0.4 is 5.32 Å². The van der Waals surface area contributed by atoms with Crippen molar-refractivity contribution >= 4 is 11.8 Å². The minimum absolute atomic E-state index is 0.0306. The molecule has 1 spiro atoms. The third kappa shape index (κ3) is 3.76. The van der Waals surface area contributed by atoms with Crippen molar-refractivity contribution in [3.63, 3.8) is 0 Å². The van der Waals surface area contributed by atoms with Crippen molar-refractivity contribution in [1.29, 1.82) is 0 Å². The van der Waals surface area contributed by atoms with Crippen LogP contribution in [0.15, 0.2) is 0 Å². The fourth-order valence-corrected chi connectivity index (χ4v) is 2.95. The van der Waals surface area contributed by atoms with E-state index in [1.807, 2.05) is 32.6 Å². The second kappa shape index (κ2) is 6.34. The molecule has 0 aliphatic carbocycles. The van der Waals surface area contributed by atoms with Crippen LogP contribution in [0.3, 0.4) is 0 Å². The normalized spacial score (nSPS) is 24.3. The van der Waals surface area contributed by atoms with Gasteiger partial charge in [-0.2, -0.15) is 0 Å². The lowest BCUT2D eigenvalue weighted by Gasteiger charge is -2.53. The molecule has 0 unspecified atom stereocenters. The number of rotatable bonds is 4. The van der Waals surface area contributed by atoms with E-state index in [1.54, 1.807) is 0 Å². The fourth-order valence-electron chi connectivity index (χ4n) is 2.95. The standard InChI is InChI=1S/C16H28N2O3/c1-11(2)14(19)17-7-13-5-6-16(21-8-13)9-18(10-16)15(20)12(3)4/h11-13H,5-10H2,1-4H3,(H,17,19)/t13-/m0/s1. The molecule has 2 rings (SSSR count). The lowest BCUT2D eigenvalue weighted by Crippen LogP contribution is -2.67. The summed E-state index contributed by atoms with van der Waals surface area (Å²) in [7, 11) is 0. The van der Waals surface area contributed by atoms with Crippen LogP contribution in [0.5, 0.6) is 0 Å². The minimum Gasteiger partial charge on any atom is -0.371 e. The quantitative estimate of drug-likeness (QED) is 0.853. The van der Waals surface area contributed by atoms with Gasteiger partial charge < -0.3 is 15.0 Å². The van der Waals surface area contributed by atoms with Gasteiger partial charge in [-0.05, 0) is 18.8 Å². The van der Waals surface area contributed by atoms with E-state index in [4.69, 9.17) is 4.74 Å². The average molecular weight is 296 g/mol. The Labute approximate surface area is 127 Å². The zero-order valence-corrected chi connectivity index (χ0v) is 13.6. The first-order valence-electron chi connectivity index (χ1n) is 8.03. The summed E-state index contributed by atoms with van der Waals surface area (Å²) in [5.41, 5.74) is -0.108. The molecule has 5 nitrogen and oxygen atoms in total. The molecule has 5 heteroatoms. The summed E-state index contributed by atoms with van der Waals surface area (Å²) < 4.78 is 6.02. The van der Waals surface area contributed by atoms with E-state index < -0.39 is 0 Å². The SMILES string of the molecule is CC(C)C(=O)NC[C@@H]1CCC2(CN(C(=O)C(C)C)C2)OC1. The van der Waals surface area contributed by atoms with Crippen molar-refractivity contribution in [1.82, 2.24) is 10.2 Å². The van der Waals surface area contributed by atoms with Gasteiger partial charge in [0.2, 0.25) is 11.8 Å². The zero-order chi connectivity index (χ0) is 15.6. The van der Waals surface area contributed by atoms with Crippen molar-refractivity contribution in [2.45, 2.75) is 46.1 Å². The summed E-state index contributed by atoms with van der Waals surface area (Å²) in [4.78, 5) is 25.3. The van der Waals surface area contributed by atoms with Crippen LogP contribution >= 0.6 is 0 Å². The Kier molecular flexibility index (Phi) is 4.91. The highest BCUT2D eigenvalue weighted by atomic mass is 16.5. The molecule has 21 heavy (non-hydrogen) atoms. The molecule has 2 saturated heterocycles. The van der Waals surface area contributed by atoms with Crippen LogP contribution in [0.1, 0.15) is 40.5 Å². The number of amides is 2. The monoisotopic (exact) mass is 296 g/mol. The van der Waals surface area contributed by atoms with Gasteiger partial charge in [-0.25, -0.2) is 0 Å². The molecule has 2 aliphatic rings. The van der Waals surface area contributed by atoms with Gasteiger partial charge in [0.15, 0.2) is 0 Å². The van der Waals surface area contributed by atoms with Crippen LogP contribution in [-0.4, -0.2) is 48.6 Å². The Morgan fingerprint density at radius 2 is 1.90 bits per heavy atom. The number of ether oxygens (including phenoxy) is 1. The Morgan fingerprint density at radius 1 is 1.24 bits per heavy atom. The zero-order valence-electron chi connectivity index (χ0n) is 13.6. The smallest absolute Gasteiger partial charge is 0.225 e. The molecule has 0 aromatic heterocycles. The maximum atomic E-state index is 11.9. The number of carbonyl (C=O) groups excluding carboxylic acids is 2. The third-order valence-electron chi connectivity index (χ3n) is 4.49. The number of likely N-dealkylation sites (tertiary alicyclic amines) is 1. The van der Waals surface area contributed by atoms with Gasteiger partial charge in [-0.15, -0.1) is 0 Å². The Bertz CT molecular complexity index is 390. The van der Waals surface area contributed by atoms with E-state index in [9.17, 15) is 9.59 Å². The third-order valence-corrected chi connectivity index (χ3v) is 4.49. The van der Waals surface area contributed by atoms with Crippen LogP contribution in [0.4, 0.5) is 0 Å². The minimum atomic E-state index is -0.108. The first-order valence-corrected chi connectivity index (χ1v) is 8.03. The number of nitrogens with zero attached hydrogens (tertiary/aromatic N) is 1. The fraction of sp³-hybridized carbons (Fsp3) is 0.875. The van der Waals surface area contributed by atoms with E-state index in [2.05, 4.69) is 5.32 Å². The van der Waals surface area contributed by atoms with Gasteiger partial charge in [-0.1, -0.05) is 27.7 Å². The summed E-state index contributed by atoms with van der Waals surface area (Å²) in [6.45, 7) is 10.5. The van der Waals surface area contributed by atoms with E-state index in [-0.39, 0.29) is 29.3 Å². The molecule has 2 fully saturated rings. The van der Waals surface area contributed by atoms with Crippen LogP contribution in [-0.2, 0) is 14.3 Å². The largest absolute Gasteiger partial charge is 0.371 e. The van der Waals surface area contributed by atoms with E-state index >= 15 is 0 Å². The number of nitrogens with one attached hydrogen (secondary N) is 1. The average Bonchev–Trinajstić information content (AvgIpc) is 2.41. The van der Waals surface area contributed by atoms with Crippen molar-refractivity contribution in [3.8, 4) is 0 Å². The first kappa shape index (κ1) is 16.3. The van der Waals surface area contributed by atoms with Crippen LogP contribution in [0.25, 0.3) is 0 Å². The van der Waals surface area contributed by atoms with Crippen LogP contribution in [0, 0.1) is 17.8 Å². The lowest BCUT2D eigenvalue weighted by molar-refractivity contribution is -0.190. The van der Waals surface area contributed by atoms with Gasteiger partial charge in [-0.3, -0.25) is 9.59 Å². The molecule has 0 aromatic carbocycles. The topological polar surface area (TPSA) is 58.6 Å². The van der Waals surface area contributed by atoms with Crippen molar-refractivity contribution in [2.75, 3.05) is 26.2 Å². The first-order chi connectivity index (χ1) is 9.83. The summed E-state index contributed by atoms with van der Waals surface area (Å²) in [5, 5.41) is 2.97. The van der Waals surface area contributed by atoms with E-state index in [1.165, 1.54) is 0 Å². The highest BCUT2D eigenvalue weighted by molar-refractivity contribution is 5.79. The molecule has 120 valence electrons. The summed E-state index contributed by atoms with van der Waals surface area (Å²) in [6, 6.07) is 0. The molecule has 0 radical (unpaired) electrons. The lowest BCUT2D eigenvalue weighted by atomic mass is 9.82. The molecular weight excluding hydrogens is 268 g/mol. The molecule has 0 aromatic rings. The second-order valence-corrected chi connectivity index (χ2v) is 7.15. The van der Waals surface area contributed by atoms with Gasteiger partial charge in [0, 0.05) is 18.4 Å². The maximum absolute atomic E-state index is 11.9. The molecule has 2 aliphatic heterocycles. The van der Waals surface area contributed by atoms with Gasteiger partial charge >= 0.3 is 0 Å². The molecule has 0 bridgehead atoms. The predicted octanol–water partition coefficient (Wildman–Crippen LogP) is 1.42. The van der Waals surface area contributed by atoms with Crippen molar-refractivity contribution < 1.29 is 14.3 Å². The highest BCUT2D eigenvalue weighted by Gasteiger charge is 2.48. The van der Waals surface area contributed by atoms with Gasteiger partial charge in [0.25, 0.3) is 0 Å². The predicted molar refractivity (Wildman–Crippen MR) is 80.7 cm³/mol. The Hall–Kier alpha value is -1.10. The van der Waals surface area contributed by atoms with Gasteiger partial charge in [0.1, 0.15) is 5.60 Å². The summed E-state index contributed by atoms with van der Waals surface area (Å²) in [5.74, 6) is 0.810. The molecule has 2 amide bonds. The van der Waals surface area contributed by atoms with Crippen molar-refractivity contribution in [2.24, 2.45) is 17.8 Å². The molecule has 1 atom stereocenters. The molecule has 1 N–H and O–H groups in total. The van der Waals surface area contributed by atoms with Crippen molar-refractivity contribution in [3.05, 3.63) is 0 Å². The highest BCUT2D eigenvalue weighted by Crippen LogP contribution is 2.36. The van der Waals surface area contributed by atoms with Gasteiger partial charge in [0.05, 0.1) is 19.7 Å². The van der Waals surface area contributed by atoms with E-state index in [0.717, 1.165) is 25.9 Å². The summed E-state index contributed by atoms with van der Waals surface area (Å²) in [6.07, 6.45) is 2.04. The Balaban J connectivity index is 1.70. The number of hydrogen-bond acceptors (Lipinski definition) is 3. The molecule has 2 heterocycles. The number of carbonyl (C=O) groups is 2. The van der Waals surface area contributed by atoms with E-state index in [0.29, 0.717) is 19.1 Å². The van der Waals surface area contributed by atoms with Crippen LogP contribution in [0.2, 0.25) is 0 Å². The Morgan fingerprint density at radius 3 is 2.38 bits per heavy atom. The maximum Gasteiger partial charge on any atom is 0.225 e. The summed E-state index contributed by atoms with van der Waals surface area (Å²) >= 11 is 0. The second-order valence-electron chi connectivity index (χ2n) is 7.15. The molecule has 0 saturated carbocycles.